The first-order valence-corrected chi connectivity index (χ1v) is 31.4. The number of esters is 3. The summed E-state index contributed by atoms with van der Waals surface area (Å²) in [5.41, 5.74) is 0. The number of hydrogen-bond donors (Lipinski definition) is 0. The van der Waals surface area contributed by atoms with Crippen LogP contribution < -0.4 is 0 Å². The molecule has 0 aliphatic heterocycles. The molecule has 75 heavy (non-hydrogen) atoms. The van der Waals surface area contributed by atoms with Crippen molar-refractivity contribution in [3.63, 3.8) is 0 Å². The predicted molar refractivity (Wildman–Crippen MR) is 325 cm³/mol. The lowest BCUT2D eigenvalue weighted by Crippen LogP contribution is -2.30. The lowest BCUT2D eigenvalue weighted by molar-refractivity contribution is -0.167. The summed E-state index contributed by atoms with van der Waals surface area (Å²) in [6.07, 6.45) is 85.1. The van der Waals surface area contributed by atoms with Crippen LogP contribution in [-0.4, -0.2) is 37.2 Å². The second-order valence-corrected chi connectivity index (χ2v) is 20.6. The maximum Gasteiger partial charge on any atom is 0.306 e. The Morgan fingerprint density at radius 3 is 0.813 bits per heavy atom. The van der Waals surface area contributed by atoms with Crippen molar-refractivity contribution in [1.29, 1.82) is 0 Å². The van der Waals surface area contributed by atoms with E-state index < -0.39 is 6.10 Å². The van der Waals surface area contributed by atoms with Gasteiger partial charge in [0, 0.05) is 19.3 Å². The summed E-state index contributed by atoms with van der Waals surface area (Å²) in [4.78, 5) is 38.3. The van der Waals surface area contributed by atoms with Gasteiger partial charge in [0.05, 0.1) is 0 Å². The minimum absolute atomic E-state index is 0.0893. The Morgan fingerprint density at radius 1 is 0.280 bits per heavy atom. The zero-order valence-corrected chi connectivity index (χ0v) is 49.0. The van der Waals surface area contributed by atoms with Gasteiger partial charge in [-0.05, 0) is 103 Å². The Bertz CT molecular complexity index is 1520. The Labute approximate surface area is 463 Å². The number of carbonyl (C=O) groups excluding carboxylic acids is 3. The first kappa shape index (κ1) is 71.1. The van der Waals surface area contributed by atoms with Crippen molar-refractivity contribution < 1.29 is 28.6 Å². The number of hydrogen-bond acceptors (Lipinski definition) is 6. The molecule has 0 heterocycles. The van der Waals surface area contributed by atoms with Gasteiger partial charge in [0.1, 0.15) is 13.2 Å². The van der Waals surface area contributed by atoms with Crippen molar-refractivity contribution >= 4 is 17.9 Å². The molecule has 6 nitrogen and oxygen atoms in total. The normalized spacial score (nSPS) is 12.8. The number of rotatable bonds is 56. The van der Waals surface area contributed by atoms with Crippen molar-refractivity contribution in [3.05, 3.63) is 109 Å². The van der Waals surface area contributed by atoms with Crippen LogP contribution in [0.3, 0.4) is 0 Å². The third-order valence-corrected chi connectivity index (χ3v) is 13.3. The average Bonchev–Trinajstić information content (AvgIpc) is 3.41. The van der Waals surface area contributed by atoms with Crippen LogP contribution in [0.2, 0.25) is 0 Å². The summed E-state index contributed by atoms with van der Waals surface area (Å²) in [5, 5.41) is 0. The molecule has 0 radical (unpaired) electrons. The standard InChI is InChI=1S/C69H116O6/c1-4-7-10-13-16-19-22-25-28-31-33-34-36-38-41-44-47-50-53-56-59-62-68(71)74-65-66(64-73-67(70)61-58-55-52-49-46-43-40-37-30-27-24-21-18-15-12-9-6-3)75-69(72)63-60-57-54-51-48-45-42-39-35-32-29-26-23-20-17-14-11-8-5-2/h7-8,10-11,16-17,19-20,25-26,28-29,33-35,38-39,41,66H,4-6,9,12-15,18,21-24,27,30-32,36-37,40,42-65H2,1-3H3/b10-7-,11-8-,19-16-,20-17-,28-25-,29-26-,34-33-,39-35-,41-38-. The average molecular weight is 1040 g/mol. The van der Waals surface area contributed by atoms with Crippen molar-refractivity contribution in [2.24, 2.45) is 0 Å². The van der Waals surface area contributed by atoms with E-state index in [2.05, 4.69) is 130 Å². The third kappa shape index (κ3) is 60.8. The summed E-state index contributed by atoms with van der Waals surface area (Å²) in [6.45, 7) is 6.41. The molecule has 0 rings (SSSR count). The smallest absolute Gasteiger partial charge is 0.306 e. The van der Waals surface area contributed by atoms with Crippen LogP contribution >= 0.6 is 0 Å². The number of carbonyl (C=O) groups is 3. The molecular formula is C69H116O6. The van der Waals surface area contributed by atoms with E-state index in [1.165, 1.54) is 103 Å². The van der Waals surface area contributed by atoms with E-state index in [4.69, 9.17) is 14.2 Å². The summed E-state index contributed by atoms with van der Waals surface area (Å²) in [5.74, 6) is -0.914. The zero-order chi connectivity index (χ0) is 54.3. The van der Waals surface area contributed by atoms with Crippen LogP contribution in [-0.2, 0) is 28.6 Å². The van der Waals surface area contributed by atoms with Crippen LogP contribution in [0.1, 0.15) is 290 Å². The Kier molecular flexibility index (Phi) is 59.3. The maximum atomic E-state index is 12.9. The van der Waals surface area contributed by atoms with Gasteiger partial charge in [0.2, 0.25) is 0 Å². The molecule has 6 heteroatoms. The first-order chi connectivity index (χ1) is 37.0. The monoisotopic (exact) mass is 1040 g/mol. The van der Waals surface area contributed by atoms with Crippen molar-refractivity contribution in [1.82, 2.24) is 0 Å². The Balaban J connectivity index is 4.45. The van der Waals surface area contributed by atoms with Gasteiger partial charge in [-0.15, -0.1) is 0 Å². The summed E-state index contributed by atoms with van der Waals surface area (Å²) < 4.78 is 16.9. The summed E-state index contributed by atoms with van der Waals surface area (Å²) in [6, 6.07) is 0. The van der Waals surface area contributed by atoms with Gasteiger partial charge in [-0.1, -0.05) is 278 Å². The van der Waals surface area contributed by atoms with Crippen molar-refractivity contribution in [2.75, 3.05) is 13.2 Å². The van der Waals surface area contributed by atoms with Crippen LogP contribution in [0.15, 0.2) is 109 Å². The molecule has 0 saturated carbocycles. The van der Waals surface area contributed by atoms with Crippen molar-refractivity contribution in [2.45, 2.75) is 297 Å². The minimum atomic E-state index is -0.796. The van der Waals surface area contributed by atoms with Gasteiger partial charge in [-0.2, -0.15) is 0 Å². The molecule has 0 aromatic carbocycles. The van der Waals surface area contributed by atoms with Gasteiger partial charge in [-0.25, -0.2) is 0 Å². The molecule has 0 aliphatic rings. The predicted octanol–water partition coefficient (Wildman–Crippen LogP) is 21.4. The topological polar surface area (TPSA) is 78.9 Å². The fourth-order valence-electron chi connectivity index (χ4n) is 8.64. The van der Waals surface area contributed by atoms with Gasteiger partial charge in [-0.3, -0.25) is 14.4 Å². The number of ether oxygens (including phenoxy) is 3. The molecule has 1 atom stereocenters. The van der Waals surface area contributed by atoms with E-state index in [1.54, 1.807) is 0 Å². The van der Waals surface area contributed by atoms with E-state index in [0.717, 1.165) is 148 Å². The van der Waals surface area contributed by atoms with Gasteiger partial charge in [0.25, 0.3) is 0 Å². The second kappa shape index (κ2) is 62.6. The Morgan fingerprint density at radius 2 is 0.520 bits per heavy atom. The molecule has 0 aromatic rings. The molecule has 1 unspecified atom stereocenters. The first-order valence-electron chi connectivity index (χ1n) is 31.4. The molecule has 428 valence electrons. The molecule has 0 amide bonds. The highest BCUT2D eigenvalue weighted by atomic mass is 16.6. The van der Waals surface area contributed by atoms with Crippen LogP contribution in [0.5, 0.6) is 0 Å². The highest BCUT2D eigenvalue weighted by molar-refractivity contribution is 5.71. The van der Waals surface area contributed by atoms with Gasteiger partial charge >= 0.3 is 17.9 Å². The largest absolute Gasteiger partial charge is 0.462 e. The molecule has 0 aromatic heterocycles. The number of allylic oxidation sites excluding steroid dienone is 18. The summed E-state index contributed by atoms with van der Waals surface area (Å²) in [7, 11) is 0. The maximum absolute atomic E-state index is 12.9. The second-order valence-electron chi connectivity index (χ2n) is 20.6. The van der Waals surface area contributed by atoms with Crippen LogP contribution in [0, 0.1) is 0 Å². The van der Waals surface area contributed by atoms with Crippen molar-refractivity contribution in [3.8, 4) is 0 Å². The highest BCUT2D eigenvalue weighted by Crippen LogP contribution is 2.16. The zero-order valence-electron chi connectivity index (χ0n) is 49.0. The fourth-order valence-corrected chi connectivity index (χ4v) is 8.64. The highest BCUT2D eigenvalue weighted by Gasteiger charge is 2.19. The van der Waals surface area contributed by atoms with E-state index >= 15 is 0 Å². The molecular weight excluding hydrogens is 925 g/mol. The molecule has 0 saturated heterocycles. The third-order valence-electron chi connectivity index (χ3n) is 13.3. The lowest BCUT2D eigenvalue weighted by atomic mass is 10.0. The van der Waals surface area contributed by atoms with E-state index in [-0.39, 0.29) is 31.1 Å². The summed E-state index contributed by atoms with van der Waals surface area (Å²) >= 11 is 0. The lowest BCUT2D eigenvalue weighted by Gasteiger charge is -2.18. The molecule has 0 spiro atoms. The molecule has 0 N–H and O–H groups in total. The van der Waals surface area contributed by atoms with E-state index in [9.17, 15) is 14.4 Å². The number of unbranched alkanes of at least 4 members (excludes halogenated alkanes) is 27. The van der Waals surface area contributed by atoms with E-state index in [0.29, 0.717) is 19.3 Å². The molecule has 0 aliphatic carbocycles. The molecule has 0 fully saturated rings. The van der Waals surface area contributed by atoms with Crippen LogP contribution in [0.25, 0.3) is 0 Å². The fraction of sp³-hybridized carbons (Fsp3) is 0.696. The SMILES string of the molecule is CC/C=C\C/C=C\C/C=C\C/C=C\C/C=C\CCCCCCCC(=O)OCC(COC(=O)CCCCCCCCCCCCCCCCCCC)OC(=O)CCCCCCCC/C=C\C/C=C\C/C=C\C/C=C\CC. The van der Waals surface area contributed by atoms with Gasteiger partial charge < -0.3 is 14.2 Å². The van der Waals surface area contributed by atoms with Crippen LogP contribution in [0.4, 0.5) is 0 Å². The van der Waals surface area contributed by atoms with E-state index in [1.807, 2.05) is 0 Å². The quantitative estimate of drug-likeness (QED) is 0.0261. The minimum Gasteiger partial charge on any atom is -0.462 e. The Hall–Kier alpha value is -3.93. The van der Waals surface area contributed by atoms with Gasteiger partial charge in [0.15, 0.2) is 6.10 Å². The molecule has 0 bridgehead atoms.